The van der Waals surface area contributed by atoms with Crippen LogP contribution in [0.4, 0.5) is 0 Å². The molecule has 0 spiro atoms. The maximum Gasteiger partial charge on any atom is 0.317 e. The second kappa shape index (κ2) is 7.41. The lowest BCUT2D eigenvalue weighted by atomic mass is 10.1. The summed E-state index contributed by atoms with van der Waals surface area (Å²) in [6.45, 7) is 7.27. The lowest BCUT2D eigenvalue weighted by molar-refractivity contribution is -0.138. The van der Waals surface area contributed by atoms with E-state index in [0.717, 1.165) is 39.1 Å². The number of hydrogen-bond donors (Lipinski definition) is 1. The summed E-state index contributed by atoms with van der Waals surface area (Å²) in [5, 5.41) is 8.83. The molecule has 1 fully saturated rings. The van der Waals surface area contributed by atoms with E-state index in [1.165, 1.54) is 5.56 Å². The van der Waals surface area contributed by atoms with E-state index in [-0.39, 0.29) is 6.54 Å². The number of carboxylic acids is 1. The van der Waals surface area contributed by atoms with Crippen molar-refractivity contribution in [1.29, 1.82) is 0 Å². The van der Waals surface area contributed by atoms with E-state index in [1.807, 2.05) is 11.0 Å². The van der Waals surface area contributed by atoms with Crippen LogP contribution in [0, 0.1) is 5.92 Å². The highest BCUT2D eigenvalue weighted by Gasteiger charge is 2.25. The first-order chi connectivity index (χ1) is 9.67. The van der Waals surface area contributed by atoms with Gasteiger partial charge in [0.25, 0.3) is 0 Å². The predicted octanol–water partition coefficient (Wildman–Crippen LogP) is 1.91. The molecule has 1 unspecified atom stereocenters. The van der Waals surface area contributed by atoms with Gasteiger partial charge in [0, 0.05) is 19.6 Å². The van der Waals surface area contributed by atoms with Gasteiger partial charge in [-0.25, -0.2) is 0 Å². The highest BCUT2D eigenvalue weighted by Crippen LogP contribution is 2.18. The Balaban J connectivity index is 1.80. The van der Waals surface area contributed by atoms with Crippen molar-refractivity contribution in [3.63, 3.8) is 0 Å². The molecule has 1 aliphatic heterocycles. The minimum atomic E-state index is -0.720. The molecule has 0 radical (unpaired) electrons. The summed E-state index contributed by atoms with van der Waals surface area (Å²) in [6, 6.07) is 10.5. The summed E-state index contributed by atoms with van der Waals surface area (Å²) >= 11 is 0. The van der Waals surface area contributed by atoms with Crippen molar-refractivity contribution < 1.29 is 9.90 Å². The molecule has 0 bridgehead atoms. The molecule has 1 N–H and O–H groups in total. The van der Waals surface area contributed by atoms with E-state index < -0.39 is 5.97 Å². The Morgan fingerprint density at radius 2 is 2.15 bits per heavy atom. The molecule has 110 valence electrons. The molecule has 1 aromatic carbocycles. The third kappa shape index (κ3) is 4.62. The fourth-order valence-corrected chi connectivity index (χ4v) is 2.91. The minimum absolute atomic E-state index is 0.182. The summed E-state index contributed by atoms with van der Waals surface area (Å²) in [6.07, 6.45) is 1.11. The van der Waals surface area contributed by atoms with E-state index in [4.69, 9.17) is 5.11 Å². The van der Waals surface area contributed by atoms with Crippen LogP contribution in [-0.2, 0) is 11.3 Å². The topological polar surface area (TPSA) is 43.8 Å². The summed E-state index contributed by atoms with van der Waals surface area (Å²) < 4.78 is 0. The van der Waals surface area contributed by atoms with Crippen molar-refractivity contribution in [3.8, 4) is 0 Å². The Morgan fingerprint density at radius 3 is 2.80 bits per heavy atom. The Hall–Kier alpha value is -1.39. The molecule has 0 saturated carbocycles. The van der Waals surface area contributed by atoms with Crippen LogP contribution >= 0.6 is 0 Å². The Kier molecular flexibility index (Phi) is 5.56. The molecule has 1 atom stereocenters. The lowest BCUT2D eigenvalue weighted by Crippen LogP contribution is -2.32. The molecule has 0 aromatic heterocycles. The van der Waals surface area contributed by atoms with E-state index in [1.54, 1.807) is 0 Å². The van der Waals surface area contributed by atoms with Crippen LogP contribution in [0.25, 0.3) is 0 Å². The second-order valence-electron chi connectivity index (χ2n) is 5.60. The zero-order valence-electron chi connectivity index (χ0n) is 12.2. The molecule has 0 amide bonds. The van der Waals surface area contributed by atoms with Crippen LogP contribution in [0.15, 0.2) is 30.3 Å². The number of carboxylic acid groups (broad SMARTS) is 1. The van der Waals surface area contributed by atoms with Crippen molar-refractivity contribution in [3.05, 3.63) is 35.9 Å². The molecule has 20 heavy (non-hydrogen) atoms. The first kappa shape index (κ1) is 15.0. The first-order valence-electron chi connectivity index (χ1n) is 7.37. The quantitative estimate of drug-likeness (QED) is 0.826. The molecule has 1 heterocycles. The van der Waals surface area contributed by atoms with Crippen molar-refractivity contribution in [2.45, 2.75) is 19.9 Å². The molecule has 4 nitrogen and oxygen atoms in total. The fourth-order valence-electron chi connectivity index (χ4n) is 2.91. The van der Waals surface area contributed by atoms with Gasteiger partial charge in [-0.1, -0.05) is 37.3 Å². The van der Waals surface area contributed by atoms with Crippen molar-refractivity contribution in [2.75, 3.05) is 32.7 Å². The van der Waals surface area contributed by atoms with Crippen LogP contribution in [0.5, 0.6) is 0 Å². The van der Waals surface area contributed by atoms with Crippen molar-refractivity contribution >= 4 is 5.97 Å². The van der Waals surface area contributed by atoms with Gasteiger partial charge in [-0.2, -0.15) is 0 Å². The summed E-state index contributed by atoms with van der Waals surface area (Å²) in [4.78, 5) is 15.2. The van der Waals surface area contributed by atoms with E-state index in [2.05, 4.69) is 36.1 Å². The standard InChI is InChI=1S/C16H24N2O2/c1-2-17(10-14-6-4-3-5-7-14)11-15-8-9-18(12-15)13-16(19)20/h3-7,15H,2,8-13H2,1H3,(H,19,20). The zero-order valence-corrected chi connectivity index (χ0v) is 12.2. The molecular formula is C16H24N2O2. The Morgan fingerprint density at radius 1 is 1.40 bits per heavy atom. The average molecular weight is 276 g/mol. The van der Waals surface area contributed by atoms with Gasteiger partial charge < -0.3 is 5.11 Å². The zero-order chi connectivity index (χ0) is 14.4. The lowest BCUT2D eigenvalue weighted by Gasteiger charge is -2.24. The number of likely N-dealkylation sites (tertiary alicyclic amines) is 1. The Bertz CT molecular complexity index is 422. The molecule has 1 saturated heterocycles. The SMILES string of the molecule is CCN(Cc1ccccc1)CC1CCN(CC(=O)O)C1. The van der Waals surface area contributed by atoms with Crippen molar-refractivity contribution in [1.82, 2.24) is 9.80 Å². The number of nitrogens with zero attached hydrogens (tertiary/aromatic N) is 2. The van der Waals surface area contributed by atoms with Gasteiger partial charge >= 0.3 is 5.97 Å². The van der Waals surface area contributed by atoms with Crippen LogP contribution < -0.4 is 0 Å². The van der Waals surface area contributed by atoms with Gasteiger partial charge in [0.1, 0.15) is 0 Å². The van der Waals surface area contributed by atoms with Gasteiger partial charge in [0.2, 0.25) is 0 Å². The summed E-state index contributed by atoms with van der Waals surface area (Å²) in [5.74, 6) is -0.125. The highest BCUT2D eigenvalue weighted by atomic mass is 16.4. The molecule has 1 aromatic rings. The Labute approximate surface area is 121 Å². The number of benzene rings is 1. The summed E-state index contributed by atoms with van der Waals surface area (Å²) in [5.41, 5.74) is 1.34. The van der Waals surface area contributed by atoms with Crippen LogP contribution in [-0.4, -0.2) is 53.6 Å². The molecule has 0 aliphatic carbocycles. The molecular weight excluding hydrogens is 252 g/mol. The largest absolute Gasteiger partial charge is 0.480 e. The third-order valence-corrected chi connectivity index (χ3v) is 3.94. The average Bonchev–Trinajstić information content (AvgIpc) is 2.85. The maximum absolute atomic E-state index is 10.7. The normalized spacial score (nSPS) is 19.6. The first-order valence-corrected chi connectivity index (χ1v) is 7.37. The number of hydrogen-bond acceptors (Lipinski definition) is 3. The van der Waals surface area contributed by atoms with E-state index in [9.17, 15) is 4.79 Å². The smallest absolute Gasteiger partial charge is 0.317 e. The van der Waals surface area contributed by atoms with Gasteiger partial charge in [-0.05, 0) is 31.0 Å². The monoisotopic (exact) mass is 276 g/mol. The van der Waals surface area contributed by atoms with Crippen LogP contribution in [0.1, 0.15) is 18.9 Å². The van der Waals surface area contributed by atoms with Crippen LogP contribution in [0.2, 0.25) is 0 Å². The fraction of sp³-hybridized carbons (Fsp3) is 0.562. The van der Waals surface area contributed by atoms with E-state index >= 15 is 0 Å². The second-order valence-corrected chi connectivity index (χ2v) is 5.60. The number of carbonyl (C=O) groups is 1. The van der Waals surface area contributed by atoms with E-state index in [0.29, 0.717) is 5.92 Å². The predicted molar refractivity (Wildman–Crippen MR) is 79.6 cm³/mol. The minimum Gasteiger partial charge on any atom is -0.480 e. The third-order valence-electron chi connectivity index (χ3n) is 3.94. The van der Waals surface area contributed by atoms with Gasteiger partial charge in [-0.3, -0.25) is 14.6 Å². The molecule has 4 heteroatoms. The van der Waals surface area contributed by atoms with Crippen LogP contribution in [0.3, 0.4) is 0 Å². The highest BCUT2D eigenvalue weighted by molar-refractivity contribution is 5.69. The van der Waals surface area contributed by atoms with Crippen molar-refractivity contribution in [2.24, 2.45) is 5.92 Å². The molecule has 1 aliphatic rings. The van der Waals surface area contributed by atoms with Gasteiger partial charge in [-0.15, -0.1) is 0 Å². The van der Waals surface area contributed by atoms with Gasteiger partial charge in [0.15, 0.2) is 0 Å². The van der Waals surface area contributed by atoms with Gasteiger partial charge in [0.05, 0.1) is 6.54 Å². The number of rotatable bonds is 7. The molecule has 2 rings (SSSR count). The number of aliphatic carboxylic acids is 1. The maximum atomic E-state index is 10.7. The summed E-state index contributed by atoms with van der Waals surface area (Å²) in [7, 11) is 0.